The molecule has 12 heteroatoms. The van der Waals surface area contributed by atoms with Gasteiger partial charge in [0.15, 0.2) is 5.11 Å². The maximum Gasteiger partial charge on any atom is 0.417 e. The predicted octanol–water partition coefficient (Wildman–Crippen LogP) is 3.22. The predicted molar refractivity (Wildman–Crippen MR) is 116 cm³/mol. The highest BCUT2D eigenvalue weighted by Gasteiger charge is 2.51. The van der Waals surface area contributed by atoms with Gasteiger partial charge in [-0.05, 0) is 62.5 Å². The standard InChI is InChI=1S/C21H18F4N4O3S/c1-20(2)18(32)28(10-4-6-12(16(26)30)14(8-10)21(23,24)25)19(33)29(20)11-5-7-13(15(22)9-11)17(31)27-3/h4-9H,1-3H3,(H2,26,30)(H,27,31)/i3D3. The molecule has 0 atom stereocenters. The molecular formula is C21H18F4N4O3S. The van der Waals surface area contributed by atoms with Gasteiger partial charge in [-0.3, -0.25) is 19.3 Å². The van der Waals surface area contributed by atoms with Crippen molar-refractivity contribution in [2.24, 2.45) is 5.73 Å². The third kappa shape index (κ3) is 4.01. The van der Waals surface area contributed by atoms with Crippen LogP contribution in [0.15, 0.2) is 36.4 Å². The van der Waals surface area contributed by atoms with Crippen molar-refractivity contribution >= 4 is 46.4 Å². The van der Waals surface area contributed by atoms with Gasteiger partial charge in [-0.2, -0.15) is 13.2 Å². The van der Waals surface area contributed by atoms with Gasteiger partial charge >= 0.3 is 6.18 Å². The van der Waals surface area contributed by atoms with Crippen LogP contribution in [0.4, 0.5) is 28.9 Å². The van der Waals surface area contributed by atoms with E-state index in [1.54, 1.807) is 5.32 Å². The van der Waals surface area contributed by atoms with Gasteiger partial charge in [0.05, 0.1) is 22.4 Å². The van der Waals surface area contributed by atoms with Crippen molar-refractivity contribution in [3.8, 4) is 0 Å². The second-order valence-corrected chi connectivity index (χ2v) is 7.89. The molecule has 1 aliphatic rings. The number of rotatable bonds is 4. The number of hydrogen-bond donors (Lipinski definition) is 2. The van der Waals surface area contributed by atoms with Gasteiger partial charge in [-0.1, -0.05) is 0 Å². The average Bonchev–Trinajstić information content (AvgIpc) is 2.89. The van der Waals surface area contributed by atoms with Gasteiger partial charge in [-0.15, -0.1) is 0 Å². The Labute approximate surface area is 195 Å². The fourth-order valence-electron chi connectivity index (χ4n) is 3.47. The van der Waals surface area contributed by atoms with Gasteiger partial charge in [0.25, 0.3) is 11.8 Å². The smallest absolute Gasteiger partial charge is 0.366 e. The number of thiocarbonyl (C=S) groups is 1. The lowest BCUT2D eigenvalue weighted by Crippen LogP contribution is -2.44. The van der Waals surface area contributed by atoms with Crippen LogP contribution in [0.3, 0.4) is 0 Å². The number of carbonyl (C=O) groups excluding carboxylic acids is 3. The molecule has 2 aromatic rings. The van der Waals surface area contributed by atoms with Crippen LogP contribution in [0.1, 0.15) is 44.2 Å². The van der Waals surface area contributed by atoms with E-state index in [9.17, 15) is 31.9 Å². The summed E-state index contributed by atoms with van der Waals surface area (Å²) in [6.07, 6.45) is -4.96. The van der Waals surface area contributed by atoms with Crippen molar-refractivity contribution in [2.75, 3.05) is 16.8 Å². The summed E-state index contributed by atoms with van der Waals surface area (Å²) in [7, 11) is 0. The SMILES string of the molecule is [2H]C([2H])([2H])NC(=O)c1ccc(N2C(=S)N(c3ccc(C(N)=O)c(C(F)(F)F)c3)C(=O)C2(C)C)cc1F. The normalized spacial score (nSPS) is 17.5. The van der Waals surface area contributed by atoms with Crippen LogP contribution in [0.5, 0.6) is 0 Å². The van der Waals surface area contributed by atoms with Crippen LogP contribution in [0.25, 0.3) is 0 Å². The summed E-state index contributed by atoms with van der Waals surface area (Å²) >= 11 is 5.35. The Morgan fingerprint density at radius 1 is 1.12 bits per heavy atom. The van der Waals surface area contributed by atoms with Crippen LogP contribution in [-0.2, 0) is 11.0 Å². The summed E-state index contributed by atoms with van der Waals surface area (Å²) in [5.41, 5.74) is 0.468. The van der Waals surface area contributed by atoms with Crippen LogP contribution in [0.2, 0.25) is 0 Å². The molecule has 0 aliphatic carbocycles. The molecule has 0 spiro atoms. The minimum absolute atomic E-state index is 0.0198. The first-order valence-corrected chi connectivity index (χ1v) is 9.59. The van der Waals surface area contributed by atoms with Crippen molar-refractivity contribution < 1.29 is 36.1 Å². The minimum atomic E-state index is -4.96. The fourth-order valence-corrected chi connectivity index (χ4v) is 3.99. The lowest BCUT2D eigenvalue weighted by Gasteiger charge is -2.29. The molecule has 174 valence electrons. The van der Waals surface area contributed by atoms with E-state index in [2.05, 4.69) is 0 Å². The second kappa shape index (κ2) is 8.10. The third-order valence-corrected chi connectivity index (χ3v) is 5.43. The van der Waals surface area contributed by atoms with Gasteiger partial charge in [0, 0.05) is 16.8 Å². The van der Waals surface area contributed by atoms with Gasteiger partial charge in [0.1, 0.15) is 11.4 Å². The minimum Gasteiger partial charge on any atom is -0.366 e. The number of alkyl halides is 3. The number of halogens is 4. The zero-order chi connectivity index (χ0) is 27.4. The van der Waals surface area contributed by atoms with Crippen molar-refractivity contribution in [1.82, 2.24) is 5.32 Å². The largest absolute Gasteiger partial charge is 0.417 e. The topological polar surface area (TPSA) is 95.7 Å². The van der Waals surface area contributed by atoms with Gasteiger partial charge in [-0.25, -0.2) is 4.39 Å². The monoisotopic (exact) mass is 485 g/mol. The Bertz CT molecular complexity index is 1300. The molecule has 1 aliphatic heterocycles. The first-order valence-electron chi connectivity index (χ1n) is 10.7. The number of anilines is 2. The number of nitrogens with two attached hydrogens (primary N) is 1. The van der Waals surface area contributed by atoms with E-state index in [-0.39, 0.29) is 16.5 Å². The Hall–Kier alpha value is -3.54. The van der Waals surface area contributed by atoms with Crippen LogP contribution in [0, 0.1) is 5.82 Å². The number of hydrogen-bond acceptors (Lipinski definition) is 4. The summed E-state index contributed by atoms with van der Waals surface area (Å²) < 4.78 is 76.6. The average molecular weight is 485 g/mol. The summed E-state index contributed by atoms with van der Waals surface area (Å²) in [4.78, 5) is 38.7. The van der Waals surface area contributed by atoms with E-state index >= 15 is 0 Å². The summed E-state index contributed by atoms with van der Waals surface area (Å²) in [5, 5.41) is 1.35. The summed E-state index contributed by atoms with van der Waals surface area (Å²) in [6, 6.07) is 5.50. The zero-order valence-corrected chi connectivity index (χ0v) is 17.9. The van der Waals surface area contributed by atoms with Gasteiger partial charge in [0.2, 0.25) is 5.91 Å². The number of benzene rings is 2. The molecule has 3 rings (SSSR count). The first kappa shape index (κ1) is 20.1. The van der Waals surface area contributed by atoms with Crippen LogP contribution in [-0.4, -0.2) is 35.3 Å². The zero-order valence-electron chi connectivity index (χ0n) is 20.1. The molecule has 1 fully saturated rings. The highest BCUT2D eigenvalue weighted by Crippen LogP contribution is 2.40. The Morgan fingerprint density at radius 2 is 1.73 bits per heavy atom. The molecule has 3 N–H and O–H groups in total. The maximum absolute atomic E-state index is 14.7. The van der Waals surface area contributed by atoms with Crippen LogP contribution < -0.4 is 20.9 Å². The Kier molecular flexibility index (Phi) is 4.93. The van der Waals surface area contributed by atoms with E-state index in [1.165, 1.54) is 24.8 Å². The molecule has 1 saturated heterocycles. The summed E-state index contributed by atoms with van der Waals surface area (Å²) in [5.74, 6) is -4.39. The molecule has 7 nitrogen and oxygen atoms in total. The lowest BCUT2D eigenvalue weighted by molar-refractivity contribution is -0.138. The third-order valence-electron chi connectivity index (χ3n) is 5.07. The molecule has 0 bridgehead atoms. The van der Waals surface area contributed by atoms with Crippen molar-refractivity contribution in [2.45, 2.75) is 25.6 Å². The Balaban J connectivity index is 2.05. The van der Waals surface area contributed by atoms with Gasteiger partial charge < -0.3 is 16.0 Å². The molecule has 33 heavy (non-hydrogen) atoms. The van der Waals surface area contributed by atoms with Crippen molar-refractivity contribution in [3.63, 3.8) is 0 Å². The van der Waals surface area contributed by atoms with E-state index in [4.69, 9.17) is 22.1 Å². The van der Waals surface area contributed by atoms with Crippen LogP contribution >= 0.6 is 12.2 Å². The van der Waals surface area contributed by atoms with Crippen molar-refractivity contribution in [3.05, 3.63) is 58.9 Å². The molecule has 1 heterocycles. The number of nitrogens with one attached hydrogen (secondary N) is 1. The quantitative estimate of drug-likeness (QED) is 0.512. The van der Waals surface area contributed by atoms with Crippen molar-refractivity contribution in [1.29, 1.82) is 0 Å². The van der Waals surface area contributed by atoms with E-state index < -0.39 is 58.9 Å². The molecule has 0 radical (unpaired) electrons. The number of nitrogens with zero attached hydrogens (tertiary/aromatic N) is 2. The molecule has 3 amide bonds. The first-order chi connectivity index (χ1) is 16.4. The Morgan fingerprint density at radius 3 is 2.27 bits per heavy atom. The highest BCUT2D eigenvalue weighted by molar-refractivity contribution is 7.81. The molecule has 0 unspecified atom stereocenters. The van der Waals surface area contributed by atoms with E-state index in [0.29, 0.717) is 6.07 Å². The molecule has 2 aromatic carbocycles. The summed E-state index contributed by atoms with van der Waals surface area (Å²) in [6.45, 7) is -0.0541. The molecular weight excluding hydrogens is 464 g/mol. The highest BCUT2D eigenvalue weighted by atomic mass is 32.1. The number of primary amides is 1. The number of amides is 3. The lowest BCUT2D eigenvalue weighted by atomic mass is 10.0. The number of carbonyl (C=O) groups is 3. The molecule has 0 aromatic heterocycles. The fraction of sp³-hybridized carbons (Fsp3) is 0.238. The molecule has 0 saturated carbocycles. The maximum atomic E-state index is 14.7. The second-order valence-electron chi connectivity index (χ2n) is 7.53. The van der Waals surface area contributed by atoms with E-state index in [1.807, 2.05) is 0 Å². The van der Waals surface area contributed by atoms with E-state index in [0.717, 1.165) is 29.2 Å².